The Balaban J connectivity index is 2.23. The third kappa shape index (κ3) is 3.39. The molecule has 0 heterocycles. The second-order valence-corrected chi connectivity index (χ2v) is 5.04. The van der Waals surface area contributed by atoms with Gasteiger partial charge in [-0.1, -0.05) is 13.0 Å². The van der Waals surface area contributed by atoms with Crippen molar-refractivity contribution in [2.75, 3.05) is 14.2 Å². The van der Waals surface area contributed by atoms with E-state index in [1.165, 1.54) is 7.11 Å². The van der Waals surface area contributed by atoms with Crippen LogP contribution in [0.4, 0.5) is 0 Å². The van der Waals surface area contributed by atoms with Crippen LogP contribution in [0.1, 0.15) is 23.6 Å². The summed E-state index contributed by atoms with van der Waals surface area (Å²) >= 11 is 0. The van der Waals surface area contributed by atoms with Crippen LogP contribution in [0.15, 0.2) is 36.4 Å². The molecule has 0 bridgehead atoms. The molecule has 0 aliphatic rings. The number of aryl methyl sites for hydroxylation is 1. The predicted molar refractivity (Wildman–Crippen MR) is 87.6 cm³/mol. The topological polar surface area (TPSA) is 62.5 Å². The first-order valence-corrected chi connectivity index (χ1v) is 7.19. The fourth-order valence-electron chi connectivity index (χ4n) is 2.43. The van der Waals surface area contributed by atoms with Crippen LogP contribution in [0, 0.1) is 5.41 Å². The molecule has 0 saturated heterocycles. The Kier molecular flexibility index (Phi) is 5.04. The summed E-state index contributed by atoms with van der Waals surface area (Å²) in [6.07, 6.45) is 1.29. The summed E-state index contributed by atoms with van der Waals surface area (Å²) in [5.41, 5.74) is 3.39. The van der Waals surface area contributed by atoms with Gasteiger partial charge in [0.25, 0.3) is 0 Å². The maximum atomic E-state index is 9.83. The van der Waals surface area contributed by atoms with E-state index in [0.29, 0.717) is 17.9 Å². The summed E-state index contributed by atoms with van der Waals surface area (Å²) in [5, 5.41) is 18.2. The van der Waals surface area contributed by atoms with E-state index in [2.05, 4.69) is 6.92 Å². The minimum absolute atomic E-state index is 0.0956. The molecule has 4 nitrogen and oxygen atoms in total. The van der Waals surface area contributed by atoms with Gasteiger partial charge in [-0.3, -0.25) is 0 Å². The molecule has 0 amide bonds. The molecule has 4 heteroatoms. The minimum Gasteiger partial charge on any atom is -0.504 e. The Labute approximate surface area is 130 Å². The summed E-state index contributed by atoms with van der Waals surface area (Å²) in [5.74, 6) is 1.34. The fraction of sp³-hybridized carbons (Fsp3) is 0.278. The normalized spacial score (nSPS) is 10.3. The number of hydrogen-bond donors (Lipinski definition) is 2. The quantitative estimate of drug-likeness (QED) is 0.801. The predicted octanol–water partition coefficient (Wildman–Crippen LogP) is 3.58. The molecule has 0 saturated carbocycles. The highest BCUT2D eigenvalue weighted by atomic mass is 16.5. The number of hydrogen-bond acceptors (Lipinski definition) is 4. The maximum Gasteiger partial charge on any atom is 0.160 e. The number of phenols is 1. The van der Waals surface area contributed by atoms with Crippen molar-refractivity contribution >= 4 is 5.71 Å². The Hall–Kier alpha value is -2.49. The van der Waals surface area contributed by atoms with Crippen molar-refractivity contribution in [1.29, 1.82) is 5.41 Å². The summed E-state index contributed by atoms with van der Waals surface area (Å²) in [6, 6.07) is 11.0. The number of nitrogens with one attached hydrogen (secondary N) is 1. The fourth-order valence-corrected chi connectivity index (χ4v) is 2.43. The number of phenolic OH excluding ortho intramolecular Hbond substituents is 1. The second-order valence-electron chi connectivity index (χ2n) is 5.04. The average molecular weight is 299 g/mol. The van der Waals surface area contributed by atoms with Gasteiger partial charge in [-0.2, -0.15) is 0 Å². The highest BCUT2D eigenvalue weighted by molar-refractivity contribution is 6.01. The first-order chi connectivity index (χ1) is 10.6. The molecule has 2 aromatic rings. The summed E-state index contributed by atoms with van der Waals surface area (Å²) in [7, 11) is 3.15. The minimum atomic E-state index is 0.0956. The number of ether oxygens (including phenoxy) is 2. The number of rotatable bonds is 6. The smallest absolute Gasteiger partial charge is 0.160 e. The van der Waals surface area contributed by atoms with E-state index < -0.39 is 0 Å². The SMILES string of the molecule is CCc1cc(OC)ccc1C(=N)Cc1ccc(OC)c(O)c1. The van der Waals surface area contributed by atoms with Crippen LogP contribution in [0.3, 0.4) is 0 Å². The maximum absolute atomic E-state index is 9.83. The third-order valence-corrected chi connectivity index (χ3v) is 3.64. The van der Waals surface area contributed by atoms with Gasteiger partial charge in [0.1, 0.15) is 5.75 Å². The lowest BCUT2D eigenvalue weighted by Gasteiger charge is -2.12. The lowest BCUT2D eigenvalue weighted by Crippen LogP contribution is -2.07. The highest BCUT2D eigenvalue weighted by Crippen LogP contribution is 2.27. The Bertz CT molecular complexity index is 680. The van der Waals surface area contributed by atoms with Crippen LogP contribution >= 0.6 is 0 Å². The Morgan fingerprint density at radius 3 is 2.45 bits per heavy atom. The molecule has 22 heavy (non-hydrogen) atoms. The van der Waals surface area contributed by atoms with Crippen molar-refractivity contribution in [3.63, 3.8) is 0 Å². The molecule has 116 valence electrons. The van der Waals surface area contributed by atoms with E-state index in [-0.39, 0.29) is 5.75 Å². The largest absolute Gasteiger partial charge is 0.504 e. The summed E-state index contributed by atoms with van der Waals surface area (Å²) in [4.78, 5) is 0. The Morgan fingerprint density at radius 1 is 1.09 bits per heavy atom. The number of methoxy groups -OCH3 is 2. The van der Waals surface area contributed by atoms with Crippen molar-refractivity contribution in [1.82, 2.24) is 0 Å². The van der Waals surface area contributed by atoms with Crippen molar-refractivity contribution in [3.8, 4) is 17.2 Å². The molecule has 2 aromatic carbocycles. The molecule has 2 N–H and O–H groups in total. The van der Waals surface area contributed by atoms with Crippen molar-refractivity contribution in [3.05, 3.63) is 53.1 Å². The van der Waals surface area contributed by atoms with Crippen molar-refractivity contribution in [2.45, 2.75) is 19.8 Å². The van der Waals surface area contributed by atoms with Crippen LogP contribution in [-0.4, -0.2) is 25.0 Å². The van der Waals surface area contributed by atoms with E-state index in [9.17, 15) is 5.11 Å². The van der Waals surface area contributed by atoms with Gasteiger partial charge in [-0.15, -0.1) is 0 Å². The molecule has 0 aromatic heterocycles. The lowest BCUT2D eigenvalue weighted by atomic mass is 9.96. The monoisotopic (exact) mass is 299 g/mol. The zero-order valence-corrected chi connectivity index (χ0v) is 13.1. The molecule has 0 radical (unpaired) electrons. The molecular weight excluding hydrogens is 278 g/mol. The van der Waals surface area contributed by atoms with Crippen LogP contribution in [0.25, 0.3) is 0 Å². The van der Waals surface area contributed by atoms with E-state index in [4.69, 9.17) is 14.9 Å². The van der Waals surface area contributed by atoms with E-state index in [0.717, 1.165) is 28.9 Å². The first kappa shape index (κ1) is 15.9. The van der Waals surface area contributed by atoms with Crippen molar-refractivity contribution < 1.29 is 14.6 Å². The zero-order valence-electron chi connectivity index (χ0n) is 13.1. The summed E-state index contributed by atoms with van der Waals surface area (Å²) in [6.45, 7) is 2.06. The molecule has 2 rings (SSSR count). The molecule has 0 aliphatic heterocycles. The van der Waals surface area contributed by atoms with Crippen LogP contribution in [0.5, 0.6) is 17.2 Å². The number of benzene rings is 2. The second kappa shape index (κ2) is 6.98. The standard InChI is InChI=1S/C18H21NO3/c1-4-13-11-14(21-2)6-7-15(13)16(19)9-12-5-8-18(22-3)17(20)10-12/h5-8,10-11,19-20H,4,9H2,1-3H3. The molecular formula is C18H21NO3. The molecule has 0 aliphatic carbocycles. The molecule has 0 atom stereocenters. The number of aromatic hydroxyl groups is 1. The lowest BCUT2D eigenvalue weighted by molar-refractivity contribution is 0.373. The zero-order chi connectivity index (χ0) is 16.1. The van der Waals surface area contributed by atoms with E-state index >= 15 is 0 Å². The summed E-state index contributed by atoms with van der Waals surface area (Å²) < 4.78 is 10.3. The van der Waals surface area contributed by atoms with Crippen molar-refractivity contribution in [2.24, 2.45) is 0 Å². The van der Waals surface area contributed by atoms with E-state index in [1.54, 1.807) is 19.2 Å². The Morgan fingerprint density at radius 2 is 1.86 bits per heavy atom. The van der Waals surface area contributed by atoms with Gasteiger partial charge in [0.05, 0.1) is 14.2 Å². The highest BCUT2D eigenvalue weighted by Gasteiger charge is 2.10. The van der Waals surface area contributed by atoms with Gasteiger partial charge in [0.15, 0.2) is 11.5 Å². The van der Waals surface area contributed by atoms with Gasteiger partial charge >= 0.3 is 0 Å². The van der Waals surface area contributed by atoms with Gasteiger partial charge < -0.3 is 20.0 Å². The average Bonchev–Trinajstić information content (AvgIpc) is 2.54. The van der Waals surface area contributed by atoms with Gasteiger partial charge in [0.2, 0.25) is 0 Å². The van der Waals surface area contributed by atoms with Gasteiger partial charge in [-0.25, -0.2) is 0 Å². The molecule has 0 unspecified atom stereocenters. The van der Waals surface area contributed by atoms with Crippen LogP contribution in [0.2, 0.25) is 0 Å². The van der Waals surface area contributed by atoms with Crippen LogP contribution < -0.4 is 9.47 Å². The van der Waals surface area contributed by atoms with Crippen LogP contribution in [-0.2, 0) is 12.8 Å². The molecule has 0 spiro atoms. The van der Waals surface area contributed by atoms with Gasteiger partial charge in [-0.05, 0) is 53.4 Å². The van der Waals surface area contributed by atoms with Gasteiger partial charge in [0, 0.05) is 12.1 Å². The first-order valence-electron chi connectivity index (χ1n) is 7.19. The third-order valence-electron chi connectivity index (χ3n) is 3.64. The molecule has 0 fully saturated rings. The van der Waals surface area contributed by atoms with E-state index in [1.807, 2.05) is 24.3 Å².